The van der Waals surface area contributed by atoms with Crippen molar-refractivity contribution in [3.05, 3.63) is 17.5 Å². The minimum absolute atomic E-state index is 0.0537. The molecule has 2 N–H and O–H groups in total. The Balaban J connectivity index is 2.44. The van der Waals surface area contributed by atoms with Crippen molar-refractivity contribution >= 4 is 11.8 Å². The predicted octanol–water partition coefficient (Wildman–Crippen LogP) is -0.267. The number of carbonyl (C=O) groups is 2. The molecule has 2 unspecified atom stereocenters. The van der Waals surface area contributed by atoms with Crippen LogP contribution >= 0.6 is 0 Å². The third-order valence-corrected chi connectivity index (χ3v) is 3.54. The summed E-state index contributed by atoms with van der Waals surface area (Å²) in [7, 11) is 3.53. The number of hydrogen-bond donors (Lipinski definition) is 1. The van der Waals surface area contributed by atoms with Gasteiger partial charge in [0.2, 0.25) is 11.8 Å². The highest BCUT2D eigenvalue weighted by molar-refractivity contribution is 5.89. The Labute approximate surface area is 99.4 Å². The smallest absolute Gasteiger partial charge is 0.223 e. The van der Waals surface area contributed by atoms with Crippen LogP contribution in [0.2, 0.25) is 0 Å². The molecule has 1 aliphatic heterocycles. The minimum Gasteiger partial charge on any atom is -0.369 e. The molecule has 0 radical (unpaired) electrons. The van der Waals surface area contributed by atoms with Crippen LogP contribution in [-0.2, 0) is 16.6 Å². The van der Waals surface area contributed by atoms with Crippen LogP contribution < -0.4 is 5.73 Å². The molecule has 92 valence electrons. The summed E-state index contributed by atoms with van der Waals surface area (Å²) in [6, 6.07) is -0.284. The van der Waals surface area contributed by atoms with E-state index in [2.05, 4.69) is 5.10 Å². The van der Waals surface area contributed by atoms with Crippen LogP contribution in [0, 0.1) is 12.8 Å². The van der Waals surface area contributed by atoms with Crippen molar-refractivity contribution in [1.82, 2.24) is 14.7 Å². The Bertz CT molecular complexity index is 480. The van der Waals surface area contributed by atoms with Gasteiger partial charge in [-0.1, -0.05) is 0 Å². The van der Waals surface area contributed by atoms with Gasteiger partial charge in [-0.05, 0) is 6.92 Å². The van der Waals surface area contributed by atoms with E-state index in [1.807, 2.05) is 14.0 Å². The number of nitrogens with zero attached hydrogens (tertiary/aromatic N) is 3. The molecule has 1 saturated heterocycles. The molecule has 2 rings (SSSR count). The highest BCUT2D eigenvalue weighted by atomic mass is 16.2. The molecule has 0 spiro atoms. The van der Waals surface area contributed by atoms with E-state index in [1.165, 1.54) is 0 Å². The number of aromatic nitrogens is 2. The molecular formula is C11H16N4O2. The summed E-state index contributed by atoms with van der Waals surface area (Å²) in [5, 5.41) is 4.14. The number of amides is 2. The monoisotopic (exact) mass is 236 g/mol. The molecule has 0 aromatic carbocycles. The first-order valence-electron chi connectivity index (χ1n) is 5.47. The van der Waals surface area contributed by atoms with Gasteiger partial charge in [0.05, 0.1) is 18.2 Å². The molecular weight excluding hydrogens is 220 g/mol. The van der Waals surface area contributed by atoms with E-state index in [9.17, 15) is 9.59 Å². The van der Waals surface area contributed by atoms with E-state index in [0.29, 0.717) is 0 Å². The van der Waals surface area contributed by atoms with Gasteiger partial charge in [0.1, 0.15) is 0 Å². The van der Waals surface area contributed by atoms with Crippen molar-refractivity contribution in [3.63, 3.8) is 0 Å². The van der Waals surface area contributed by atoms with Gasteiger partial charge in [-0.3, -0.25) is 14.3 Å². The molecule has 6 nitrogen and oxygen atoms in total. The average molecular weight is 236 g/mol. The molecule has 6 heteroatoms. The van der Waals surface area contributed by atoms with Crippen LogP contribution in [0.1, 0.15) is 23.7 Å². The standard InChI is InChI=1S/C11H16N4O2/c1-6-8(5-13-15(6)3)10-7(11(12)17)4-9(16)14(10)2/h5,7,10H,4H2,1-3H3,(H2,12,17). The number of rotatable bonds is 2. The Morgan fingerprint density at radius 1 is 1.53 bits per heavy atom. The minimum atomic E-state index is -0.463. The van der Waals surface area contributed by atoms with Gasteiger partial charge < -0.3 is 10.6 Å². The highest BCUT2D eigenvalue weighted by Crippen LogP contribution is 2.37. The molecule has 0 aliphatic carbocycles. The maximum absolute atomic E-state index is 11.7. The first-order chi connectivity index (χ1) is 7.93. The lowest BCUT2D eigenvalue weighted by atomic mass is 9.93. The van der Waals surface area contributed by atoms with E-state index in [0.717, 1.165) is 11.3 Å². The molecule has 1 aromatic heterocycles. The van der Waals surface area contributed by atoms with Crippen molar-refractivity contribution in [2.24, 2.45) is 18.7 Å². The number of aryl methyl sites for hydroxylation is 1. The number of carbonyl (C=O) groups excluding carboxylic acids is 2. The molecule has 2 amide bonds. The molecule has 17 heavy (non-hydrogen) atoms. The summed E-state index contributed by atoms with van der Waals surface area (Å²) in [6.07, 6.45) is 1.88. The lowest BCUT2D eigenvalue weighted by Gasteiger charge is -2.23. The van der Waals surface area contributed by atoms with Crippen molar-refractivity contribution in [2.45, 2.75) is 19.4 Å². The summed E-state index contributed by atoms with van der Waals surface area (Å²) < 4.78 is 1.73. The zero-order valence-electron chi connectivity index (χ0n) is 10.2. The van der Waals surface area contributed by atoms with Crippen LogP contribution in [0.3, 0.4) is 0 Å². The van der Waals surface area contributed by atoms with Crippen LogP contribution in [0.4, 0.5) is 0 Å². The van der Waals surface area contributed by atoms with Crippen LogP contribution in [0.15, 0.2) is 6.20 Å². The fourth-order valence-electron chi connectivity index (χ4n) is 2.36. The van der Waals surface area contributed by atoms with Gasteiger partial charge in [0.25, 0.3) is 0 Å². The van der Waals surface area contributed by atoms with Crippen LogP contribution in [0.25, 0.3) is 0 Å². The van der Waals surface area contributed by atoms with Crippen molar-refractivity contribution in [3.8, 4) is 0 Å². The molecule has 0 bridgehead atoms. The van der Waals surface area contributed by atoms with Gasteiger partial charge >= 0.3 is 0 Å². The highest BCUT2D eigenvalue weighted by Gasteiger charge is 2.42. The number of likely N-dealkylation sites (tertiary alicyclic amines) is 1. The largest absolute Gasteiger partial charge is 0.369 e. The zero-order chi connectivity index (χ0) is 12.7. The first-order valence-corrected chi connectivity index (χ1v) is 5.47. The number of hydrogen-bond acceptors (Lipinski definition) is 3. The molecule has 1 aliphatic rings. The first kappa shape index (κ1) is 11.6. The van der Waals surface area contributed by atoms with E-state index in [-0.39, 0.29) is 18.4 Å². The van der Waals surface area contributed by atoms with Gasteiger partial charge in [0, 0.05) is 31.8 Å². The van der Waals surface area contributed by atoms with Gasteiger partial charge in [0.15, 0.2) is 0 Å². The third-order valence-electron chi connectivity index (χ3n) is 3.54. The fraction of sp³-hybridized carbons (Fsp3) is 0.545. The fourth-order valence-corrected chi connectivity index (χ4v) is 2.36. The van der Waals surface area contributed by atoms with Gasteiger partial charge in [-0.2, -0.15) is 5.10 Å². The maximum atomic E-state index is 11.7. The average Bonchev–Trinajstić information content (AvgIpc) is 2.73. The second-order valence-electron chi connectivity index (χ2n) is 4.47. The predicted molar refractivity (Wildman–Crippen MR) is 60.8 cm³/mol. The second kappa shape index (κ2) is 3.87. The second-order valence-corrected chi connectivity index (χ2v) is 4.47. The zero-order valence-corrected chi connectivity index (χ0v) is 10.2. The Morgan fingerprint density at radius 3 is 2.65 bits per heavy atom. The summed E-state index contributed by atoms with van der Waals surface area (Å²) >= 11 is 0. The Morgan fingerprint density at radius 2 is 2.18 bits per heavy atom. The van der Waals surface area contributed by atoms with Gasteiger partial charge in [-0.25, -0.2) is 0 Å². The van der Waals surface area contributed by atoms with Crippen molar-refractivity contribution < 1.29 is 9.59 Å². The SMILES string of the molecule is Cc1c(C2C(C(N)=O)CC(=O)N2C)cnn1C. The molecule has 2 heterocycles. The number of primary amides is 1. The van der Waals surface area contributed by atoms with E-state index >= 15 is 0 Å². The lowest BCUT2D eigenvalue weighted by Crippen LogP contribution is -2.30. The summed E-state index contributed by atoms with van der Waals surface area (Å²) in [5.74, 6) is -0.951. The molecule has 0 saturated carbocycles. The Kier molecular flexibility index (Phi) is 2.65. The van der Waals surface area contributed by atoms with Crippen molar-refractivity contribution in [2.75, 3.05) is 7.05 Å². The Hall–Kier alpha value is -1.85. The van der Waals surface area contributed by atoms with Crippen LogP contribution in [0.5, 0.6) is 0 Å². The maximum Gasteiger partial charge on any atom is 0.223 e. The topological polar surface area (TPSA) is 81.2 Å². The molecule has 2 atom stereocenters. The molecule has 1 fully saturated rings. The molecule has 1 aromatic rings. The van der Waals surface area contributed by atoms with E-state index in [1.54, 1.807) is 22.8 Å². The van der Waals surface area contributed by atoms with E-state index < -0.39 is 11.8 Å². The summed E-state index contributed by atoms with van der Waals surface area (Å²) in [4.78, 5) is 24.7. The third kappa shape index (κ3) is 1.69. The summed E-state index contributed by atoms with van der Waals surface area (Å²) in [6.45, 7) is 1.91. The van der Waals surface area contributed by atoms with Crippen molar-refractivity contribution in [1.29, 1.82) is 0 Å². The van der Waals surface area contributed by atoms with E-state index in [4.69, 9.17) is 5.73 Å². The quantitative estimate of drug-likeness (QED) is 0.767. The summed E-state index contributed by atoms with van der Waals surface area (Å²) in [5.41, 5.74) is 7.20. The van der Waals surface area contributed by atoms with Crippen LogP contribution in [-0.4, -0.2) is 33.5 Å². The lowest BCUT2D eigenvalue weighted by molar-refractivity contribution is -0.128. The van der Waals surface area contributed by atoms with Gasteiger partial charge in [-0.15, -0.1) is 0 Å². The normalized spacial score (nSPS) is 24.4. The number of nitrogens with two attached hydrogens (primary N) is 1.